The van der Waals surface area contributed by atoms with Crippen molar-refractivity contribution in [2.45, 2.75) is 6.42 Å². The van der Waals surface area contributed by atoms with Crippen LogP contribution in [0.25, 0.3) is 16.6 Å². The first-order chi connectivity index (χ1) is 11.1. The van der Waals surface area contributed by atoms with Crippen molar-refractivity contribution >= 4 is 28.2 Å². The van der Waals surface area contributed by atoms with E-state index < -0.39 is 11.8 Å². The van der Waals surface area contributed by atoms with Crippen molar-refractivity contribution in [3.63, 3.8) is 0 Å². The highest BCUT2D eigenvalue weighted by molar-refractivity contribution is 6.29. The van der Waals surface area contributed by atoms with E-state index in [0.717, 1.165) is 11.6 Å². The maximum Gasteiger partial charge on any atom is 0.249 e. The molecule has 23 heavy (non-hydrogen) atoms. The fraction of sp³-hybridized carbons (Fsp3) is 0.0667. The molecule has 3 heterocycles. The van der Waals surface area contributed by atoms with Gasteiger partial charge in [-0.25, -0.2) is 9.37 Å². The Kier molecular flexibility index (Phi) is 3.16. The molecule has 0 radical (unpaired) electrons. The fourth-order valence-corrected chi connectivity index (χ4v) is 2.53. The first-order valence-electron chi connectivity index (χ1n) is 6.72. The molecule has 5 nitrogen and oxygen atoms in total. The highest BCUT2D eigenvalue weighted by Crippen LogP contribution is 2.19. The third kappa shape index (κ3) is 2.49. The second kappa shape index (κ2) is 5.20. The van der Waals surface area contributed by atoms with Crippen molar-refractivity contribution in [2.24, 2.45) is 0 Å². The summed E-state index contributed by atoms with van der Waals surface area (Å²) in [5, 5.41) is 13.1. The molecule has 0 unspecified atom stereocenters. The molecule has 4 rings (SSSR count). The third-order valence-electron chi connectivity index (χ3n) is 3.45. The zero-order valence-electron chi connectivity index (χ0n) is 11.5. The van der Waals surface area contributed by atoms with Crippen molar-refractivity contribution in [1.82, 2.24) is 24.8 Å². The van der Waals surface area contributed by atoms with Crippen molar-refractivity contribution in [2.75, 3.05) is 0 Å². The summed E-state index contributed by atoms with van der Waals surface area (Å²) in [5.41, 5.74) is 1.82. The average Bonchev–Trinajstić information content (AvgIpc) is 2.91. The zero-order chi connectivity index (χ0) is 16.0. The van der Waals surface area contributed by atoms with Crippen molar-refractivity contribution in [3.05, 3.63) is 64.7 Å². The van der Waals surface area contributed by atoms with E-state index in [1.807, 2.05) is 0 Å². The second-order valence-electron chi connectivity index (χ2n) is 5.01. The van der Waals surface area contributed by atoms with Gasteiger partial charge in [0.1, 0.15) is 5.15 Å². The van der Waals surface area contributed by atoms with Crippen molar-refractivity contribution in [3.8, 4) is 0 Å². The van der Waals surface area contributed by atoms with E-state index in [1.54, 1.807) is 34.8 Å². The number of nitrogens with zero attached hydrogens (tertiary/aromatic N) is 5. The number of fused-ring (bicyclic) bond motifs is 2. The molecule has 4 aromatic rings. The SMILES string of the molecule is Fc1cc2cc(Cc3nnc4ccc(Cl)nn34)ccc2nc1F. The summed E-state index contributed by atoms with van der Waals surface area (Å²) in [6.45, 7) is 0. The third-order valence-corrected chi connectivity index (χ3v) is 3.65. The Morgan fingerprint density at radius 1 is 1.04 bits per heavy atom. The molecular weight excluding hydrogens is 324 g/mol. The van der Waals surface area contributed by atoms with Crippen LogP contribution >= 0.6 is 11.6 Å². The van der Waals surface area contributed by atoms with Crippen LogP contribution in [0, 0.1) is 11.8 Å². The van der Waals surface area contributed by atoms with Crippen molar-refractivity contribution < 1.29 is 8.78 Å². The quantitative estimate of drug-likeness (QED) is 0.529. The second-order valence-corrected chi connectivity index (χ2v) is 5.39. The first kappa shape index (κ1) is 14.0. The predicted octanol–water partition coefficient (Wildman–Crippen LogP) is 3.19. The fourth-order valence-electron chi connectivity index (χ4n) is 2.39. The van der Waals surface area contributed by atoms with Gasteiger partial charge in [-0.2, -0.15) is 14.0 Å². The molecule has 0 atom stereocenters. The van der Waals surface area contributed by atoms with Gasteiger partial charge in [-0.05, 0) is 35.9 Å². The van der Waals surface area contributed by atoms with Gasteiger partial charge in [0, 0.05) is 11.8 Å². The van der Waals surface area contributed by atoms with E-state index in [-0.39, 0.29) is 0 Å². The Hall–Kier alpha value is -2.67. The standard InChI is InChI=1S/C15H8ClF2N5/c16-12-3-4-13-20-21-14(23(13)22-12)6-8-1-2-11-9(5-8)7-10(17)15(18)19-11/h1-5,7H,6H2. The Balaban J connectivity index is 1.76. The highest BCUT2D eigenvalue weighted by atomic mass is 35.5. The molecule has 0 aliphatic rings. The zero-order valence-corrected chi connectivity index (χ0v) is 12.3. The maximum atomic E-state index is 13.3. The molecule has 1 aromatic carbocycles. The van der Waals surface area contributed by atoms with Crippen LogP contribution in [0.5, 0.6) is 0 Å². The molecule has 0 amide bonds. The summed E-state index contributed by atoms with van der Waals surface area (Å²) in [6.07, 6.45) is 0.420. The summed E-state index contributed by atoms with van der Waals surface area (Å²) < 4.78 is 28.0. The number of halogens is 3. The number of aromatic nitrogens is 5. The lowest BCUT2D eigenvalue weighted by Crippen LogP contribution is -2.00. The van der Waals surface area contributed by atoms with Gasteiger partial charge in [-0.1, -0.05) is 17.7 Å². The Bertz CT molecular complexity index is 1050. The summed E-state index contributed by atoms with van der Waals surface area (Å²) in [7, 11) is 0. The number of hydrogen-bond acceptors (Lipinski definition) is 4. The van der Waals surface area contributed by atoms with Crippen LogP contribution in [0.2, 0.25) is 5.15 Å². The minimum absolute atomic E-state index is 0.332. The van der Waals surface area contributed by atoms with Gasteiger partial charge in [0.2, 0.25) is 5.95 Å². The van der Waals surface area contributed by atoms with Crippen molar-refractivity contribution in [1.29, 1.82) is 0 Å². The number of benzene rings is 1. The number of rotatable bonds is 2. The van der Waals surface area contributed by atoms with E-state index in [0.29, 0.717) is 33.9 Å². The molecule has 8 heteroatoms. The van der Waals surface area contributed by atoms with Crippen LogP contribution in [-0.2, 0) is 6.42 Å². The summed E-state index contributed by atoms with van der Waals surface area (Å²) >= 11 is 5.89. The summed E-state index contributed by atoms with van der Waals surface area (Å²) in [4.78, 5) is 3.57. The van der Waals surface area contributed by atoms with Gasteiger partial charge in [-0.15, -0.1) is 10.2 Å². The molecule has 0 spiro atoms. The molecule has 3 aromatic heterocycles. The lowest BCUT2D eigenvalue weighted by Gasteiger charge is -2.03. The minimum Gasteiger partial charge on any atom is -0.217 e. The molecule has 0 aliphatic carbocycles. The van der Waals surface area contributed by atoms with Crippen LogP contribution in [0.4, 0.5) is 8.78 Å². The molecule has 0 saturated heterocycles. The number of hydrogen-bond donors (Lipinski definition) is 0. The average molecular weight is 332 g/mol. The van der Waals surface area contributed by atoms with Crippen LogP contribution < -0.4 is 0 Å². The molecular formula is C15H8ClF2N5. The summed E-state index contributed by atoms with van der Waals surface area (Å²) in [5.74, 6) is -1.49. The Labute approximate surface area is 133 Å². The van der Waals surface area contributed by atoms with E-state index in [1.165, 1.54) is 0 Å². The molecule has 0 bridgehead atoms. The molecule has 0 aliphatic heterocycles. The Morgan fingerprint density at radius 2 is 1.91 bits per heavy atom. The van der Waals surface area contributed by atoms with Gasteiger partial charge in [0.25, 0.3) is 0 Å². The normalized spacial score (nSPS) is 11.4. The smallest absolute Gasteiger partial charge is 0.217 e. The van der Waals surface area contributed by atoms with Gasteiger partial charge in [0.15, 0.2) is 17.3 Å². The minimum atomic E-state index is -1.10. The Morgan fingerprint density at radius 3 is 2.78 bits per heavy atom. The van der Waals surface area contributed by atoms with Crippen LogP contribution in [0.1, 0.15) is 11.4 Å². The van der Waals surface area contributed by atoms with E-state index in [9.17, 15) is 8.78 Å². The van der Waals surface area contributed by atoms with E-state index >= 15 is 0 Å². The molecule has 0 fully saturated rings. The lowest BCUT2D eigenvalue weighted by molar-refractivity contribution is 0.484. The predicted molar refractivity (Wildman–Crippen MR) is 80.3 cm³/mol. The van der Waals surface area contributed by atoms with Gasteiger partial charge < -0.3 is 0 Å². The monoisotopic (exact) mass is 331 g/mol. The van der Waals surface area contributed by atoms with Crippen LogP contribution in [-0.4, -0.2) is 24.8 Å². The van der Waals surface area contributed by atoms with E-state index in [2.05, 4.69) is 20.3 Å². The maximum absolute atomic E-state index is 13.3. The topological polar surface area (TPSA) is 56.0 Å². The van der Waals surface area contributed by atoms with Crippen LogP contribution in [0.15, 0.2) is 36.4 Å². The number of pyridine rings is 1. The van der Waals surface area contributed by atoms with E-state index in [4.69, 9.17) is 11.6 Å². The molecule has 114 valence electrons. The summed E-state index contributed by atoms with van der Waals surface area (Å²) in [6, 6.07) is 9.62. The first-order valence-corrected chi connectivity index (χ1v) is 7.09. The lowest BCUT2D eigenvalue weighted by atomic mass is 10.1. The largest absolute Gasteiger partial charge is 0.249 e. The van der Waals surface area contributed by atoms with Gasteiger partial charge >= 0.3 is 0 Å². The molecule has 0 N–H and O–H groups in total. The molecule has 0 saturated carbocycles. The van der Waals surface area contributed by atoms with Gasteiger partial charge in [-0.3, -0.25) is 0 Å². The highest BCUT2D eigenvalue weighted by Gasteiger charge is 2.10. The van der Waals surface area contributed by atoms with Crippen LogP contribution in [0.3, 0.4) is 0 Å². The van der Waals surface area contributed by atoms with Gasteiger partial charge in [0.05, 0.1) is 5.52 Å².